The number of pyridine rings is 1. The average molecular weight is 377 g/mol. The quantitative estimate of drug-likeness (QED) is 0.508. The summed E-state index contributed by atoms with van der Waals surface area (Å²) >= 11 is 0. The largest absolute Gasteiger partial charge is 0.497 e. The smallest absolute Gasteiger partial charge is 0.245 e. The van der Waals surface area contributed by atoms with Gasteiger partial charge in [-0.3, -0.25) is 0 Å². The van der Waals surface area contributed by atoms with Crippen LogP contribution in [0.5, 0.6) is 5.75 Å². The maximum Gasteiger partial charge on any atom is 0.245 e. The highest BCUT2D eigenvalue weighted by Gasteiger charge is 2.13. The fraction of sp³-hybridized carbons (Fsp3) is 0.182. The Morgan fingerprint density at radius 1 is 1.04 bits per heavy atom. The molecule has 0 atom stereocenters. The Balaban J connectivity index is 1.60. The van der Waals surface area contributed by atoms with Crippen molar-refractivity contribution in [2.75, 3.05) is 7.11 Å². The number of alkyl halides is 1. The molecule has 2 aromatic carbocycles. The van der Waals surface area contributed by atoms with E-state index in [2.05, 4.69) is 16.4 Å². The van der Waals surface area contributed by atoms with Gasteiger partial charge in [0.2, 0.25) is 5.89 Å². The van der Waals surface area contributed by atoms with Gasteiger partial charge in [0.25, 0.3) is 0 Å². The highest BCUT2D eigenvalue weighted by atomic mass is 19.1. The second kappa shape index (κ2) is 8.19. The van der Waals surface area contributed by atoms with Gasteiger partial charge in [0, 0.05) is 24.5 Å². The van der Waals surface area contributed by atoms with Crippen LogP contribution in [0.4, 0.5) is 4.39 Å². The van der Waals surface area contributed by atoms with Crippen LogP contribution in [-0.4, -0.2) is 17.1 Å². The normalized spacial score (nSPS) is 11.1. The number of fused-ring (bicyclic) bond motifs is 1. The summed E-state index contributed by atoms with van der Waals surface area (Å²) in [5.74, 6) is 1.23. The molecule has 2 heterocycles. The van der Waals surface area contributed by atoms with E-state index < -0.39 is 6.67 Å². The molecule has 5 nitrogen and oxygen atoms in total. The molecule has 0 unspecified atom stereocenters. The van der Waals surface area contributed by atoms with E-state index in [0.29, 0.717) is 30.2 Å². The predicted molar refractivity (Wildman–Crippen MR) is 106 cm³/mol. The third kappa shape index (κ3) is 3.87. The molecule has 28 heavy (non-hydrogen) atoms. The molecule has 1 N–H and O–H groups in total. The molecule has 0 fully saturated rings. The van der Waals surface area contributed by atoms with Crippen molar-refractivity contribution in [1.82, 2.24) is 15.3 Å². The first-order valence-electron chi connectivity index (χ1n) is 8.99. The molecule has 0 aliphatic rings. The Hall–Kier alpha value is -3.25. The topological polar surface area (TPSA) is 60.2 Å². The van der Waals surface area contributed by atoms with Gasteiger partial charge in [-0.25, -0.2) is 14.4 Å². The van der Waals surface area contributed by atoms with Crippen molar-refractivity contribution in [3.8, 4) is 17.3 Å². The van der Waals surface area contributed by atoms with Crippen LogP contribution < -0.4 is 10.1 Å². The van der Waals surface area contributed by atoms with Crippen molar-refractivity contribution >= 4 is 10.9 Å². The van der Waals surface area contributed by atoms with Crippen LogP contribution in [0.2, 0.25) is 0 Å². The zero-order valence-electron chi connectivity index (χ0n) is 15.5. The molecule has 0 aliphatic carbocycles. The fourth-order valence-corrected chi connectivity index (χ4v) is 3.07. The van der Waals surface area contributed by atoms with Crippen LogP contribution in [0, 0.1) is 0 Å². The van der Waals surface area contributed by atoms with Crippen LogP contribution in [0.15, 0.2) is 65.4 Å². The van der Waals surface area contributed by atoms with E-state index in [0.717, 1.165) is 27.8 Å². The summed E-state index contributed by atoms with van der Waals surface area (Å²) in [6.45, 7) is 0.816. The second-order valence-corrected chi connectivity index (χ2v) is 6.45. The third-order valence-corrected chi connectivity index (χ3v) is 4.56. The number of ether oxygens (including phenoxy) is 1. The number of benzene rings is 2. The van der Waals surface area contributed by atoms with Gasteiger partial charge in [0.15, 0.2) is 0 Å². The van der Waals surface area contributed by atoms with E-state index in [9.17, 15) is 4.39 Å². The van der Waals surface area contributed by atoms with E-state index in [1.54, 1.807) is 25.4 Å². The molecule has 2 aromatic heterocycles. The van der Waals surface area contributed by atoms with Gasteiger partial charge in [-0.1, -0.05) is 24.3 Å². The number of halogens is 1. The van der Waals surface area contributed by atoms with Crippen molar-refractivity contribution < 1.29 is 13.5 Å². The lowest BCUT2D eigenvalue weighted by Crippen LogP contribution is -2.14. The standard InChI is InChI=1S/C22H20FN3O2/c1-27-19-7-6-17-10-18(14-24-13-16-4-2-15(12-23)3-5-16)21(26-20(17)11-19)22-25-8-9-28-22/h2-11,24H,12-14H2,1H3. The van der Waals surface area contributed by atoms with Crippen molar-refractivity contribution in [3.05, 3.63) is 77.7 Å². The molecule has 142 valence electrons. The Morgan fingerprint density at radius 3 is 2.57 bits per heavy atom. The molecular formula is C22H20FN3O2. The summed E-state index contributed by atoms with van der Waals surface area (Å²) in [6.07, 6.45) is 3.15. The second-order valence-electron chi connectivity index (χ2n) is 6.45. The van der Waals surface area contributed by atoms with E-state index >= 15 is 0 Å². The van der Waals surface area contributed by atoms with Gasteiger partial charge in [-0.05, 0) is 34.9 Å². The number of aromatic nitrogens is 2. The highest BCUT2D eigenvalue weighted by molar-refractivity contribution is 5.83. The lowest BCUT2D eigenvalue weighted by atomic mass is 10.1. The maximum absolute atomic E-state index is 12.6. The van der Waals surface area contributed by atoms with Crippen molar-refractivity contribution in [1.29, 1.82) is 0 Å². The fourth-order valence-electron chi connectivity index (χ4n) is 3.07. The Bertz CT molecular complexity index is 1060. The third-order valence-electron chi connectivity index (χ3n) is 4.56. The number of hydrogen-bond acceptors (Lipinski definition) is 5. The molecule has 0 saturated heterocycles. The van der Waals surface area contributed by atoms with E-state index in [1.807, 2.05) is 30.3 Å². The Labute approximate surface area is 162 Å². The Kier molecular flexibility index (Phi) is 5.30. The zero-order chi connectivity index (χ0) is 19.3. The average Bonchev–Trinajstić information content (AvgIpc) is 3.28. The minimum atomic E-state index is -0.444. The summed E-state index contributed by atoms with van der Waals surface area (Å²) in [7, 11) is 1.63. The summed E-state index contributed by atoms with van der Waals surface area (Å²) in [5, 5.41) is 4.43. The number of nitrogens with one attached hydrogen (secondary N) is 1. The van der Waals surface area contributed by atoms with Gasteiger partial charge in [-0.2, -0.15) is 0 Å². The van der Waals surface area contributed by atoms with Crippen molar-refractivity contribution in [2.45, 2.75) is 19.8 Å². The lowest BCUT2D eigenvalue weighted by molar-refractivity contribution is 0.415. The number of rotatable bonds is 7. The maximum atomic E-state index is 12.6. The van der Waals surface area contributed by atoms with Gasteiger partial charge in [-0.15, -0.1) is 0 Å². The first-order chi connectivity index (χ1) is 13.8. The van der Waals surface area contributed by atoms with Crippen molar-refractivity contribution in [2.24, 2.45) is 0 Å². The summed E-state index contributed by atoms with van der Waals surface area (Å²) in [6, 6.07) is 15.4. The molecule has 0 saturated carbocycles. The molecule has 0 bridgehead atoms. The van der Waals surface area contributed by atoms with Crippen molar-refractivity contribution in [3.63, 3.8) is 0 Å². The molecular weight excluding hydrogens is 357 g/mol. The van der Waals surface area contributed by atoms with E-state index in [-0.39, 0.29) is 0 Å². The molecule has 0 aliphatic heterocycles. The van der Waals surface area contributed by atoms with Crippen LogP contribution in [0.1, 0.15) is 16.7 Å². The van der Waals surface area contributed by atoms with Gasteiger partial charge in [0.05, 0.1) is 18.8 Å². The van der Waals surface area contributed by atoms with E-state index in [4.69, 9.17) is 14.1 Å². The lowest BCUT2D eigenvalue weighted by Gasteiger charge is -2.11. The number of methoxy groups -OCH3 is 1. The number of nitrogens with zero attached hydrogens (tertiary/aromatic N) is 2. The molecule has 4 rings (SSSR count). The number of oxazole rings is 1. The molecule has 0 spiro atoms. The molecule has 6 heteroatoms. The van der Waals surface area contributed by atoms with Gasteiger partial charge in [0.1, 0.15) is 24.4 Å². The minimum absolute atomic E-state index is 0.444. The zero-order valence-corrected chi connectivity index (χ0v) is 15.5. The van der Waals surface area contributed by atoms with Crippen LogP contribution in [0.25, 0.3) is 22.5 Å². The summed E-state index contributed by atoms with van der Waals surface area (Å²) in [5.41, 5.74) is 4.28. The summed E-state index contributed by atoms with van der Waals surface area (Å²) in [4.78, 5) is 9.01. The van der Waals surface area contributed by atoms with Crippen LogP contribution in [-0.2, 0) is 19.8 Å². The first-order valence-corrected chi connectivity index (χ1v) is 8.99. The van der Waals surface area contributed by atoms with E-state index in [1.165, 1.54) is 6.26 Å². The highest BCUT2D eigenvalue weighted by Crippen LogP contribution is 2.27. The van der Waals surface area contributed by atoms with Gasteiger partial charge >= 0.3 is 0 Å². The van der Waals surface area contributed by atoms with Crippen LogP contribution >= 0.6 is 0 Å². The monoisotopic (exact) mass is 377 g/mol. The Morgan fingerprint density at radius 2 is 1.86 bits per heavy atom. The van der Waals surface area contributed by atoms with Gasteiger partial charge < -0.3 is 14.5 Å². The molecule has 4 aromatic rings. The predicted octanol–water partition coefficient (Wildman–Crippen LogP) is 4.66. The molecule has 0 amide bonds. The summed E-state index contributed by atoms with van der Waals surface area (Å²) < 4.78 is 23.4. The first kappa shape index (κ1) is 18.1. The molecule has 0 radical (unpaired) electrons. The number of hydrogen-bond donors (Lipinski definition) is 1. The van der Waals surface area contributed by atoms with Crippen LogP contribution in [0.3, 0.4) is 0 Å². The minimum Gasteiger partial charge on any atom is -0.497 e. The SMILES string of the molecule is COc1ccc2cc(CNCc3ccc(CF)cc3)c(-c3ncco3)nc2c1.